The van der Waals surface area contributed by atoms with E-state index >= 15 is 0 Å². The van der Waals surface area contributed by atoms with Crippen LogP contribution in [-0.2, 0) is 14.2 Å². The summed E-state index contributed by atoms with van der Waals surface area (Å²) in [7, 11) is 2.11. The second-order valence-electron chi connectivity index (χ2n) is 10.2. The third-order valence-corrected chi connectivity index (χ3v) is 8.61. The first-order chi connectivity index (χ1) is 15.7. The number of ether oxygens (including phenoxy) is 3. The molecule has 0 radical (unpaired) electrons. The summed E-state index contributed by atoms with van der Waals surface area (Å²) in [4.78, 5) is 2.34. The molecule has 33 heavy (non-hydrogen) atoms. The molecule has 6 rings (SSSR count). The van der Waals surface area contributed by atoms with Gasteiger partial charge < -0.3 is 49.7 Å². The van der Waals surface area contributed by atoms with Crippen LogP contribution in [-0.4, -0.2) is 110 Å². The van der Waals surface area contributed by atoms with Crippen molar-refractivity contribution in [3.63, 3.8) is 0 Å². The van der Waals surface area contributed by atoms with Crippen molar-refractivity contribution in [2.45, 2.75) is 74.0 Å². The van der Waals surface area contributed by atoms with Crippen molar-refractivity contribution < 1.29 is 44.8 Å². The fourth-order valence-corrected chi connectivity index (χ4v) is 6.93. The minimum absolute atomic E-state index is 0.0314. The van der Waals surface area contributed by atoms with Crippen molar-refractivity contribution >= 4 is 0 Å². The average Bonchev–Trinajstić information content (AvgIpc) is 3.16. The Balaban J connectivity index is 1.39. The minimum atomic E-state index is -2.00. The molecule has 0 aromatic carbocycles. The Bertz CT molecular complexity index is 933. The number of nitrogens with zero attached hydrogens (tertiary/aromatic N) is 1. The van der Waals surface area contributed by atoms with Crippen LogP contribution in [0, 0.1) is 11.3 Å². The zero-order valence-electron chi connectivity index (χ0n) is 18.3. The summed E-state index contributed by atoms with van der Waals surface area (Å²) >= 11 is 0. The van der Waals surface area contributed by atoms with Crippen molar-refractivity contribution in [1.29, 1.82) is 0 Å². The van der Waals surface area contributed by atoms with Gasteiger partial charge in [0.15, 0.2) is 12.0 Å². The summed E-state index contributed by atoms with van der Waals surface area (Å²) in [5.41, 5.74) is 1.45. The van der Waals surface area contributed by atoms with Crippen LogP contribution in [0.2, 0.25) is 0 Å². The van der Waals surface area contributed by atoms with Crippen LogP contribution < -0.4 is 0 Å². The molecule has 6 N–H and O–H groups in total. The number of likely N-dealkylation sites (tertiary alicyclic amines) is 1. The van der Waals surface area contributed by atoms with E-state index in [0.29, 0.717) is 0 Å². The maximum absolute atomic E-state index is 11.7. The Morgan fingerprint density at radius 2 is 1.94 bits per heavy atom. The van der Waals surface area contributed by atoms with Gasteiger partial charge in [-0.3, -0.25) is 0 Å². The van der Waals surface area contributed by atoms with Gasteiger partial charge in [-0.25, -0.2) is 0 Å². The molecule has 182 valence electrons. The van der Waals surface area contributed by atoms with Crippen molar-refractivity contribution in [1.82, 2.24) is 4.90 Å². The first-order valence-electron chi connectivity index (χ1n) is 11.6. The zero-order chi connectivity index (χ0) is 23.3. The Labute approximate surface area is 191 Å². The summed E-state index contributed by atoms with van der Waals surface area (Å²) in [6.07, 6.45) is -1.54. The van der Waals surface area contributed by atoms with Gasteiger partial charge in [-0.15, -0.1) is 0 Å². The third-order valence-electron chi connectivity index (χ3n) is 8.61. The molecule has 0 amide bonds. The van der Waals surface area contributed by atoms with Gasteiger partial charge in [0.05, 0.1) is 6.61 Å². The standard InChI is InChI=1S/C23H31NO9/c1-24-7-6-22-11-2-3-13(26)19(22)32-20-15(22)10(8-12(11)24)4-5-23(20,30)33-21-18(29)17(28)16(27)14(9-25)31-21/h2-4,11-14,16-19,21,25-30H,5-9H2,1H3/t11-,12+,13-,14+,16+,17-,18+,19-,21-,22-,23?/m0/s1. The molecule has 2 saturated heterocycles. The van der Waals surface area contributed by atoms with Crippen LogP contribution in [0.1, 0.15) is 19.3 Å². The Kier molecular flexibility index (Phi) is 4.92. The van der Waals surface area contributed by atoms with Gasteiger partial charge in [0.25, 0.3) is 0 Å². The van der Waals surface area contributed by atoms with Gasteiger partial charge in [0.1, 0.15) is 36.6 Å². The topological polar surface area (TPSA) is 152 Å². The van der Waals surface area contributed by atoms with Crippen molar-refractivity contribution in [2.75, 3.05) is 20.2 Å². The van der Waals surface area contributed by atoms with Crippen LogP contribution in [0.15, 0.2) is 35.1 Å². The lowest BCUT2D eigenvalue weighted by molar-refractivity contribution is -0.358. The molecule has 3 aliphatic carbocycles. The first-order valence-corrected chi connectivity index (χ1v) is 11.6. The van der Waals surface area contributed by atoms with E-state index in [1.807, 2.05) is 6.08 Å². The normalized spacial score (nSPS) is 52.9. The number of rotatable bonds is 3. The third kappa shape index (κ3) is 2.81. The highest BCUT2D eigenvalue weighted by Crippen LogP contribution is 2.66. The lowest BCUT2D eigenvalue weighted by atomic mass is 9.51. The van der Waals surface area contributed by atoms with Gasteiger partial charge >= 0.3 is 0 Å². The van der Waals surface area contributed by atoms with Crippen LogP contribution in [0.5, 0.6) is 0 Å². The summed E-state index contributed by atoms with van der Waals surface area (Å²) in [6, 6.07) is 0.264. The highest BCUT2D eigenvalue weighted by Gasteiger charge is 2.68. The molecule has 3 aliphatic heterocycles. The lowest BCUT2D eigenvalue weighted by Gasteiger charge is -2.58. The van der Waals surface area contributed by atoms with Crippen LogP contribution in [0.3, 0.4) is 0 Å². The van der Waals surface area contributed by atoms with E-state index in [-0.39, 0.29) is 24.1 Å². The highest BCUT2D eigenvalue weighted by molar-refractivity contribution is 5.54. The van der Waals surface area contributed by atoms with Gasteiger partial charge in [-0.05, 0) is 32.0 Å². The Hall–Kier alpha value is -1.34. The molecule has 1 unspecified atom stereocenters. The van der Waals surface area contributed by atoms with Gasteiger partial charge in [0, 0.05) is 29.4 Å². The van der Waals surface area contributed by atoms with E-state index in [0.717, 1.165) is 30.5 Å². The fraction of sp³-hybridized carbons (Fsp3) is 0.739. The molecule has 3 fully saturated rings. The first kappa shape index (κ1) is 22.1. The molecule has 1 saturated carbocycles. The number of hydrogen-bond donors (Lipinski definition) is 6. The van der Waals surface area contributed by atoms with Gasteiger partial charge in [-0.1, -0.05) is 18.2 Å². The van der Waals surface area contributed by atoms with E-state index in [1.165, 1.54) is 0 Å². The molecule has 6 aliphatic rings. The maximum Gasteiger partial charge on any atom is 0.231 e. The monoisotopic (exact) mass is 465 g/mol. The van der Waals surface area contributed by atoms with Crippen molar-refractivity contribution in [3.8, 4) is 0 Å². The molecular weight excluding hydrogens is 434 g/mol. The molecule has 0 aromatic heterocycles. The quantitative estimate of drug-likeness (QED) is 0.206. The summed E-state index contributed by atoms with van der Waals surface area (Å²) in [5, 5.41) is 62.7. The largest absolute Gasteiger partial charge is 0.485 e. The molecule has 1 spiro atoms. The number of aliphatic hydroxyl groups is 6. The summed E-state index contributed by atoms with van der Waals surface area (Å²) < 4.78 is 17.7. The van der Waals surface area contributed by atoms with E-state index < -0.39 is 60.7 Å². The molecule has 10 heteroatoms. The van der Waals surface area contributed by atoms with Gasteiger partial charge in [0.2, 0.25) is 5.79 Å². The van der Waals surface area contributed by atoms with Crippen molar-refractivity contribution in [3.05, 3.63) is 35.1 Å². The van der Waals surface area contributed by atoms with E-state index in [9.17, 15) is 30.6 Å². The molecule has 11 atom stereocenters. The fourth-order valence-electron chi connectivity index (χ4n) is 6.93. The molecule has 3 heterocycles. The SMILES string of the molecule is CN1CC[C@]23C4=C5O[C@H]2[C@@H](O)C=C[C@H]3[C@H]1CC4=CCC5(O)O[C@@H]1O[C@H](CO)[C@@H](O)[C@H](O)[C@H]1O. The average molecular weight is 465 g/mol. The number of hydrogen-bond acceptors (Lipinski definition) is 10. The Morgan fingerprint density at radius 1 is 1.15 bits per heavy atom. The molecule has 0 aromatic rings. The number of piperidine rings is 1. The van der Waals surface area contributed by atoms with Crippen LogP contribution in [0.25, 0.3) is 0 Å². The maximum atomic E-state index is 11.7. The van der Waals surface area contributed by atoms with Gasteiger partial charge in [-0.2, -0.15) is 0 Å². The minimum Gasteiger partial charge on any atom is -0.485 e. The molecule has 10 nitrogen and oxygen atoms in total. The summed E-state index contributed by atoms with van der Waals surface area (Å²) in [6.45, 7) is 0.231. The second-order valence-corrected chi connectivity index (χ2v) is 10.2. The summed E-state index contributed by atoms with van der Waals surface area (Å²) in [5.74, 6) is -1.67. The van der Waals surface area contributed by atoms with Crippen molar-refractivity contribution in [2.24, 2.45) is 11.3 Å². The lowest BCUT2D eigenvalue weighted by Crippen LogP contribution is -2.62. The molecular formula is C23H31NO9. The highest BCUT2D eigenvalue weighted by atomic mass is 16.8. The molecule has 2 bridgehead atoms. The second kappa shape index (κ2) is 7.33. The van der Waals surface area contributed by atoms with E-state index in [1.54, 1.807) is 6.08 Å². The zero-order valence-corrected chi connectivity index (χ0v) is 18.3. The number of aliphatic hydroxyl groups excluding tert-OH is 5. The Morgan fingerprint density at radius 3 is 2.70 bits per heavy atom. The predicted octanol–water partition coefficient (Wildman–Crippen LogP) is -1.88. The predicted molar refractivity (Wildman–Crippen MR) is 111 cm³/mol. The van der Waals surface area contributed by atoms with Crippen LogP contribution in [0.4, 0.5) is 0 Å². The van der Waals surface area contributed by atoms with E-state index in [4.69, 9.17) is 14.2 Å². The van der Waals surface area contributed by atoms with E-state index in [2.05, 4.69) is 18.0 Å². The smallest absolute Gasteiger partial charge is 0.231 e. The van der Waals surface area contributed by atoms with Crippen LogP contribution >= 0.6 is 0 Å².